The van der Waals surface area contributed by atoms with Crippen LogP contribution >= 0.6 is 28.5 Å². The zero-order chi connectivity index (χ0) is 19.9. The van der Waals surface area contributed by atoms with Gasteiger partial charge in [0.1, 0.15) is 4.90 Å². The van der Waals surface area contributed by atoms with E-state index in [0.717, 1.165) is 23.4 Å². The predicted octanol–water partition coefficient (Wildman–Crippen LogP) is 6.14. The molecule has 1 atom stereocenters. The molecule has 0 bridgehead atoms. The Morgan fingerprint density at radius 2 is 1.70 bits per heavy atom. The summed E-state index contributed by atoms with van der Waals surface area (Å²) in [6, 6.07) is 13.1. The maximum Gasteiger partial charge on any atom is 0.339 e. The molecule has 2 aromatic rings. The first-order chi connectivity index (χ1) is 12.8. The molecule has 0 amide bonds. The third kappa shape index (κ3) is 6.57. The summed E-state index contributed by atoms with van der Waals surface area (Å²) in [5.74, 6) is -2.24. The second kappa shape index (κ2) is 10.0. The minimum atomic E-state index is -3.99. The van der Waals surface area contributed by atoms with Crippen LogP contribution in [0.4, 0.5) is 0 Å². The summed E-state index contributed by atoms with van der Waals surface area (Å²) < 4.78 is 49.1. The first-order valence-corrected chi connectivity index (χ1v) is 14.5. The Bertz CT molecular complexity index is 897. The summed E-state index contributed by atoms with van der Waals surface area (Å²) >= 11 is 2.29. The van der Waals surface area contributed by atoms with Crippen LogP contribution in [-0.2, 0) is 19.2 Å². The van der Waals surface area contributed by atoms with Crippen molar-refractivity contribution in [3.05, 3.63) is 54.1 Å². The van der Waals surface area contributed by atoms with Crippen LogP contribution in [0.15, 0.2) is 58.3 Å². The third-order valence-corrected chi connectivity index (χ3v) is 11.8. The molecular formula is C18H23O5PS3. The lowest BCUT2D eigenvalue weighted by atomic mass is 10.2. The zero-order valence-corrected chi connectivity index (χ0v) is 18.8. The summed E-state index contributed by atoms with van der Waals surface area (Å²) in [4.78, 5) is 0.537. The van der Waals surface area contributed by atoms with E-state index in [0.29, 0.717) is 17.3 Å². The number of para-hydroxylation sites is 1. The second-order valence-corrected chi connectivity index (χ2v) is 14.5. The molecule has 1 unspecified atom stereocenters. The number of aryl methyl sites for hydroxylation is 1. The van der Waals surface area contributed by atoms with Crippen molar-refractivity contribution in [3.8, 4) is 5.75 Å². The van der Waals surface area contributed by atoms with Gasteiger partial charge in [-0.2, -0.15) is 8.42 Å². The SMILES string of the molecule is CCCSP(=O)(OCC)Sc1ccccc1OS(=O)(=O)c1ccc(C)cc1. The Morgan fingerprint density at radius 3 is 2.33 bits per heavy atom. The van der Waals surface area contributed by atoms with E-state index in [2.05, 4.69) is 0 Å². The molecule has 27 heavy (non-hydrogen) atoms. The molecule has 0 spiro atoms. The fourth-order valence-electron chi connectivity index (χ4n) is 2.04. The van der Waals surface area contributed by atoms with Gasteiger partial charge in [-0.05, 0) is 55.9 Å². The molecule has 0 fully saturated rings. The summed E-state index contributed by atoms with van der Waals surface area (Å²) in [5.41, 5.74) is 0.954. The molecule has 2 aromatic carbocycles. The van der Waals surface area contributed by atoms with Crippen LogP contribution in [0.1, 0.15) is 25.8 Å². The zero-order valence-electron chi connectivity index (χ0n) is 15.5. The van der Waals surface area contributed by atoms with Gasteiger partial charge in [0.25, 0.3) is 0 Å². The molecular weight excluding hydrogens is 423 g/mol. The van der Waals surface area contributed by atoms with E-state index in [4.69, 9.17) is 8.71 Å². The van der Waals surface area contributed by atoms with Crippen LogP contribution in [0, 0.1) is 6.92 Å². The van der Waals surface area contributed by atoms with Gasteiger partial charge in [-0.1, -0.05) is 48.1 Å². The highest BCUT2D eigenvalue weighted by Crippen LogP contribution is 2.73. The van der Waals surface area contributed by atoms with E-state index in [1.54, 1.807) is 43.3 Å². The average molecular weight is 447 g/mol. The molecule has 0 heterocycles. The van der Waals surface area contributed by atoms with Crippen LogP contribution in [-0.4, -0.2) is 20.8 Å². The summed E-state index contributed by atoms with van der Waals surface area (Å²) in [5, 5.41) is 0. The fourth-order valence-corrected chi connectivity index (χ4v) is 9.95. The average Bonchev–Trinajstić information content (AvgIpc) is 2.62. The lowest BCUT2D eigenvalue weighted by Crippen LogP contribution is -2.10. The molecule has 0 radical (unpaired) electrons. The van der Waals surface area contributed by atoms with Crippen LogP contribution < -0.4 is 4.18 Å². The topological polar surface area (TPSA) is 69.7 Å². The first kappa shape index (κ1) is 22.4. The van der Waals surface area contributed by atoms with Crippen LogP contribution in [0.25, 0.3) is 0 Å². The van der Waals surface area contributed by atoms with Gasteiger partial charge in [0, 0.05) is 5.75 Å². The molecule has 0 aliphatic carbocycles. The van der Waals surface area contributed by atoms with E-state index < -0.39 is 15.9 Å². The normalized spacial score (nSPS) is 13.9. The molecule has 0 N–H and O–H groups in total. The van der Waals surface area contributed by atoms with Crippen molar-refractivity contribution in [2.75, 3.05) is 12.4 Å². The van der Waals surface area contributed by atoms with Gasteiger partial charge in [-0.25, -0.2) is 0 Å². The molecule has 2 rings (SSSR count). The fraction of sp³-hybridized carbons (Fsp3) is 0.333. The minimum Gasteiger partial charge on any atom is -0.378 e. The Labute approximate surface area is 169 Å². The lowest BCUT2D eigenvalue weighted by molar-refractivity contribution is 0.357. The maximum atomic E-state index is 13.1. The van der Waals surface area contributed by atoms with Crippen molar-refractivity contribution in [1.29, 1.82) is 0 Å². The van der Waals surface area contributed by atoms with Gasteiger partial charge in [0.2, 0.25) is 0 Å². The van der Waals surface area contributed by atoms with Crippen molar-refractivity contribution in [2.45, 2.75) is 37.0 Å². The summed E-state index contributed by atoms with van der Waals surface area (Å²) in [6.07, 6.45) is 0.863. The smallest absolute Gasteiger partial charge is 0.339 e. The Balaban J connectivity index is 2.29. The number of benzene rings is 2. The van der Waals surface area contributed by atoms with Gasteiger partial charge in [0.15, 0.2) is 5.75 Å². The molecule has 0 saturated carbocycles. The van der Waals surface area contributed by atoms with E-state index in [9.17, 15) is 13.0 Å². The molecule has 5 nitrogen and oxygen atoms in total. The van der Waals surface area contributed by atoms with Gasteiger partial charge < -0.3 is 8.71 Å². The Hall–Kier alpha value is -0.920. The van der Waals surface area contributed by atoms with Crippen LogP contribution in [0.5, 0.6) is 5.75 Å². The number of hydrogen-bond acceptors (Lipinski definition) is 7. The lowest BCUT2D eigenvalue weighted by Gasteiger charge is -2.17. The minimum absolute atomic E-state index is 0.0706. The largest absolute Gasteiger partial charge is 0.378 e. The highest BCUT2D eigenvalue weighted by atomic mass is 33.1. The van der Waals surface area contributed by atoms with E-state index >= 15 is 0 Å². The van der Waals surface area contributed by atoms with Gasteiger partial charge in [-0.15, -0.1) is 0 Å². The van der Waals surface area contributed by atoms with Crippen molar-refractivity contribution >= 4 is 38.7 Å². The Morgan fingerprint density at radius 1 is 1.04 bits per heavy atom. The predicted molar refractivity (Wildman–Crippen MR) is 113 cm³/mol. The first-order valence-electron chi connectivity index (χ1n) is 8.48. The second-order valence-electron chi connectivity index (χ2n) is 5.59. The Kier molecular flexibility index (Phi) is 8.31. The standard InChI is InChI=1S/C18H23O5PS3/c1-4-14-25-24(19,22-5-2)26-18-9-7-6-8-17(18)23-27(20,21)16-12-10-15(3)11-13-16/h6-13H,4-5,14H2,1-3H3. The number of rotatable bonds is 10. The molecule has 0 saturated heterocycles. The van der Waals surface area contributed by atoms with E-state index in [1.807, 2.05) is 13.8 Å². The number of hydrogen-bond donors (Lipinski definition) is 0. The van der Waals surface area contributed by atoms with E-state index in [1.165, 1.54) is 23.5 Å². The van der Waals surface area contributed by atoms with Gasteiger partial charge >= 0.3 is 15.9 Å². The maximum absolute atomic E-state index is 13.1. The highest BCUT2D eigenvalue weighted by Gasteiger charge is 2.28. The quantitative estimate of drug-likeness (QED) is 0.320. The van der Waals surface area contributed by atoms with Crippen molar-refractivity contribution in [3.63, 3.8) is 0 Å². The van der Waals surface area contributed by atoms with Crippen molar-refractivity contribution in [1.82, 2.24) is 0 Å². The van der Waals surface area contributed by atoms with Crippen LogP contribution in [0.3, 0.4) is 0 Å². The third-order valence-electron chi connectivity index (χ3n) is 3.31. The van der Waals surface area contributed by atoms with Gasteiger partial charge in [0.05, 0.1) is 11.5 Å². The van der Waals surface area contributed by atoms with Crippen molar-refractivity contribution in [2.24, 2.45) is 0 Å². The molecule has 0 aliphatic rings. The monoisotopic (exact) mass is 446 g/mol. The summed E-state index contributed by atoms with van der Waals surface area (Å²) in [7, 11) is -3.99. The van der Waals surface area contributed by atoms with E-state index in [-0.39, 0.29) is 10.6 Å². The highest BCUT2D eigenvalue weighted by molar-refractivity contribution is 8.89. The van der Waals surface area contributed by atoms with Crippen molar-refractivity contribution < 1.29 is 21.7 Å². The molecule has 9 heteroatoms. The van der Waals surface area contributed by atoms with Gasteiger partial charge in [-0.3, -0.25) is 4.57 Å². The summed E-state index contributed by atoms with van der Waals surface area (Å²) in [6.45, 7) is 5.97. The van der Waals surface area contributed by atoms with Crippen LogP contribution in [0.2, 0.25) is 0 Å². The molecule has 148 valence electrons. The molecule has 0 aromatic heterocycles. The molecule has 0 aliphatic heterocycles.